The molecule has 12 fully saturated rings. The fraction of sp³-hybridized carbons (Fsp3) is 0.690. The lowest BCUT2D eigenvalue weighted by molar-refractivity contribution is -0.234. The van der Waals surface area contributed by atoms with Gasteiger partial charge in [0.05, 0.1) is 35.7 Å². The number of morpholine rings is 1. The van der Waals surface area contributed by atoms with Gasteiger partial charge in [0.1, 0.15) is 0 Å². The van der Waals surface area contributed by atoms with Crippen LogP contribution in [-0.2, 0) is 4.74 Å². The molecule has 5 aliphatic heterocycles. The zero-order valence-electron chi connectivity index (χ0n) is 38.9. The van der Waals surface area contributed by atoms with E-state index >= 15 is 0 Å². The van der Waals surface area contributed by atoms with E-state index in [1.165, 1.54) is 145 Å². The first kappa shape index (κ1) is 40.2. The molecule has 0 bridgehead atoms. The zero-order valence-corrected chi connectivity index (χ0v) is 39.7. The first-order valence-electron chi connectivity index (χ1n) is 27.6. The molecular formula is C58H75N5OS. The zero-order chi connectivity index (χ0) is 42.3. The van der Waals surface area contributed by atoms with Gasteiger partial charge in [-0.25, -0.2) is 0 Å². The van der Waals surface area contributed by atoms with Crippen molar-refractivity contribution in [2.24, 2.45) is 29.6 Å². The Morgan fingerprint density at radius 2 is 0.938 bits per heavy atom. The number of ether oxygens (including phenoxy) is 1. The molecule has 12 aliphatic rings. The maximum atomic E-state index is 8.06. The molecule has 20 unspecified atom stereocenters. The fourth-order valence-electron chi connectivity index (χ4n) is 19.5. The third-order valence-corrected chi connectivity index (χ3v) is 23.1. The summed E-state index contributed by atoms with van der Waals surface area (Å²) in [4.78, 5) is 16.2. The van der Waals surface area contributed by atoms with Crippen molar-refractivity contribution in [2.75, 3.05) is 14.7 Å². The van der Waals surface area contributed by atoms with E-state index in [9.17, 15) is 0 Å². The summed E-state index contributed by atoms with van der Waals surface area (Å²) in [5.74, 6) is 3.98. The molecule has 3 aromatic rings. The number of hydrogen-bond acceptors (Lipinski definition) is 7. The summed E-state index contributed by atoms with van der Waals surface area (Å²) in [7, 11) is 0. The van der Waals surface area contributed by atoms with Crippen LogP contribution in [0, 0.1) is 29.6 Å². The van der Waals surface area contributed by atoms with Gasteiger partial charge in [0.25, 0.3) is 0 Å². The summed E-state index contributed by atoms with van der Waals surface area (Å²) in [5, 5.41) is 1.34. The Bertz CT molecular complexity index is 2180. The Hall–Kier alpha value is -2.71. The van der Waals surface area contributed by atoms with E-state index in [1.54, 1.807) is 0 Å². The van der Waals surface area contributed by atoms with Gasteiger partial charge in [0.15, 0.2) is 0 Å². The number of fused-ring (bicyclic) bond motifs is 14. The molecule has 0 amide bonds. The highest BCUT2D eigenvalue weighted by Crippen LogP contribution is 2.62. The molecule has 0 radical (unpaired) electrons. The highest BCUT2D eigenvalue weighted by molar-refractivity contribution is 8.01. The van der Waals surface area contributed by atoms with Crippen LogP contribution in [0.1, 0.15) is 128 Å². The molecule has 5 saturated heterocycles. The van der Waals surface area contributed by atoms with Crippen LogP contribution < -0.4 is 14.7 Å². The van der Waals surface area contributed by atoms with E-state index in [2.05, 4.69) is 127 Å². The Morgan fingerprint density at radius 1 is 0.369 bits per heavy atom. The van der Waals surface area contributed by atoms with E-state index in [0.717, 1.165) is 34.8 Å². The highest BCUT2D eigenvalue weighted by atomic mass is 32.2. The second-order valence-electron chi connectivity index (χ2n) is 23.9. The summed E-state index contributed by atoms with van der Waals surface area (Å²) >= 11 is 2.45. The minimum Gasteiger partial charge on any atom is -0.372 e. The van der Waals surface area contributed by atoms with Crippen LogP contribution in [0.2, 0.25) is 0 Å². The average molecular weight is 890 g/mol. The summed E-state index contributed by atoms with van der Waals surface area (Å²) in [6.07, 6.45) is 28.4. The summed E-state index contributed by atoms with van der Waals surface area (Å²) in [6.45, 7) is 0. The molecule has 65 heavy (non-hydrogen) atoms. The van der Waals surface area contributed by atoms with Crippen LogP contribution in [0.4, 0.5) is 17.1 Å². The van der Waals surface area contributed by atoms with Gasteiger partial charge in [-0.1, -0.05) is 119 Å². The van der Waals surface area contributed by atoms with Crippen LogP contribution in [-0.4, -0.2) is 99.1 Å². The van der Waals surface area contributed by atoms with Crippen LogP contribution in [0.5, 0.6) is 0 Å². The standard InChI is InChI=1S/C58H75N5OS/c1-4-20-38(21-5-1)59-47-35-50-48(34-46(47)62-45-30-16-15-29-44(45)60(39-22-6-2-7-23-39)53-41-26-12-10-18-36(41)32-49(59)56(53)62)63-55-43-28-14-17-31-52(43)65-58(55)61(40-24-8-3-9-25-40)54-42-27-13-11-19-37(42)33-51(64-50)57(54)63/h1-9,20-25,36-37,41-58H,10-19,26-35H2. The van der Waals surface area contributed by atoms with Crippen molar-refractivity contribution in [3.05, 3.63) is 91.0 Å². The molecule has 0 aromatic heterocycles. The van der Waals surface area contributed by atoms with E-state index < -0.39 is 0 Å². The minimum atomic E-state index is 0.312. The van der Waals surface area contributed by atoms with Crippen molar-refractivity contribution in [3.8, 4) is 0 Å². The predicted octanol–water partition coefficient (Wildman–Crippen LogP) is 11.4. The van der Waals surface area contributed by atoms with E-state index in [4.69, 9.17) is 4.74 Å². The Balaban J connectivity index is 0.894. The van der Waals surface area contributed by atoms with Gasteiger partial charge < -0.3 is 19.4 Å². The van der Waals surface area contributed by atoms with Gasteiger partial charge in [0.2, 0.25) is 0 Å². The topological polar surface area (TPSA) is 25.4 Å². The molecule has 15 rings (SSSR count). The summed E-state index contributed by atoms with van der Waals surface area (Å²) < 4.78 is 8.06. The molecule has 3 aromatic carbocycles. The number of anilines is 3. The third-order valence-electron chi connectivity index (χ3n) is 21.4. The van der Waals surface area contributed by atoms with Gasteiger partial charge in [-0.2, -0.15) is 0 Å². The molecule has 7 saturated carbocycles. The second-order valence-corrected chi connectivity index (χ2v) is 25.2. The molecule has 7 aliphatic carbocycles. The number of piperazine rings is 3. The van der Waals surface area contributed by atoms with E-state index in [1.807, 2.05) is 0 Å². The van der Waals surface area contributed by atoms with E-state index in [-0.39, 0.29) is 0 Å². The van der Waals surface area contributed by atoms with Crippen molar-refractivity contribution in [1.29, 1.82) is 0 Å². The van der Waals surface area contributed by atoms with Crippen LogP contribution in [0.25, 0.3) is 0 Å². The number of para-hydroxylation sites is 3. The lowest BCUT2D eigenvalue weighted by atomic mass is 9.58. The molecule has 7 heteroatoms. The number of benzene rings is 3. The normalized spacial score (nSPS) is 47.4. The maximum absolute atomic E-state index is 8.06. The average Bonchev–Trinajstić information content (AvgIpc) is 3.75. The number of thioether (sulfide) groups is 1. The van der Waals surface area contributed by atoms with Gasteiger partial charge in [-0.15, -0.1) is 11.8 Å². The van der Waals surface area contributed by atoms with Crippen molar-refractivity contribution >= 4 is 28.8 Å². The molecule has 20 atom stereocenters. The Kier molecular flexibility index (Phi) is 9.85. The summed E-state index contributed by atoms with van der Waals surface area (Å²) in [5.41, 5.74) is 4.53. The smallest absolute Gasteiger partial charge is 0.0915 e. The molecule has 5 heterocycles. The van der Waals surface area contributed by atoms with Crippen LogP contribution in [0.15, 0.2) is 91.0 Å². The monoisotopic (exact) mass is 890 g/mol. The largest absolute Gasteiger partial charge is 0.372 e. The van der Waals surface area contributed by atoms with Crippen molar-refractivity contribution in [1.82, 2.24) is 9.80 Å². The maximum Gasteiger partial charge on any atom is 0.0915 e. The van der Waals surface area contributed by atoms with Gasteiger partial charge in [0, 0.05) is 70.6 Å². The van der Waals surface area contributed by atoms with Crippen molar-refractivity contribution < 1.29 is 4.74 Å². The molecular weight excluding hydrogens is 815 g/mol. The number of nitrogens with zero attached hydrogens (tertiary/aromatic N) is 5. The highest BCUT2D eigenvalue weighted by Gasteiger charge is 2.70. The Morgan fingerprint density at radius 3 is 1.65 bits per heavy atom. The van der Waals surface area contributed by atoms with Crippen LogP contribution in [0.3, 0.4) is 0 Å². The summed E-state index contributed by atoms with van der Waals surface area (Å²) in [6, 6.07) is 42.0. The Labute approximate surface area is 394 Å². The molecule has 6 nitrogen and oxygen atoms in total. The predicted molar refractivity (Wildman–Crippen MR) is 266 cm³/mol. The quantitative estimate of drug-likeness (QED) is 0.258. The lowest BCUT2D eigenvalue weighted by Gasteiger charge is -2.74. The molecule has 0 N–H and O–H groups in total. The molecule has 344 valence electrons. The van der Waals surface area contributed by atoms with Crippen LogP contribution >= 0.6 is 11.8 Å². The number of rotatable bonds is 3. The van der Waals surface area contributed by atoms with E-state index in [0.29, 0.717) is 84.0 Å². The SMILES string of the molecule is c1ccc(N2C3CC4OC5CC6CCCCC6C6C5N(C4CC3N3C4CCCCC4N(c4ccccc4)C4C5CCCCC5CC2C43)C2C3CCCCC3SC2N6c2ccccc2)cc1. The first-order valence-corrected chi connectivity index (χ1v) is 28.6. The minimum absolute atomic E-state index is 0.312. The number of hydrogen-bond donors (Lipinski definition) is 0. The van der Waals surface area contributed by atoms with Gasteiger partial charge in [-0.05, 0) is 130 Å². The fourth-order valence-corrected chi connectivity index (χ4v) is 21.5. The van der Waals surface area contributed by atoms with Gasteiger partial charge >= 0.3 is 0 Å². The van der Waals surface area contributed by atoms with Crippen molar-refractivity contribution in [3.63, 3.8) is 0 Å². The lowest BCUT2D eigenvalue weighted by Crippen LogP contribution is -2.86. The first-order chi connectivity index (χ1) is 32.3. The third kappa shape index (κ3) is 6.01. The van der Waals surface area contributed by atoms with Gasteiger partial charge in [-0.3, -0.25) is 9.80 Å². The second kappa shape index (κ2) is 15.9. The molecule has 0 spiro atoms. The van der Waals surface area contributed by atoms with Crippen molar-refractivity contribution in [2.45, 2.75) is 218 Å².